The molecule has 0 amide bonds. The molecule has 0 radical (unpaired) electrons. The molecule has 0 atom stereocenters. The maximum absolute atomic E-state index is 13.2. The van der Waals surface area contributed by atoms with Gasteiger partial charge in [0, 0.05) is 6.07 Å². The number of methoxy groups -OCH3 is 1. The van der Waals surface area contributed by atoms with Gasteiger partial charge in [-0.1, -0.05) is 23.4 Å². The first-order valence-corrected chi connectivity index (χ1v) is 9.07. The van der Waals surface area contributed by atoms with E-state index in [1.54, 1.807) is 0 Å². The maximum Gasteiger partial charge on any atom is 0.418 e. The summed E-state index contributed by atoms with van der Waals surface area (Å²) in [5.41, 5.74) is -6.90. The molecule has 18 heteroatoms. The maximum atomic E-state index is 13.2. The van der Waals surface area contributed by atoms with Gasteiger partial charge in [0.05, 0.1) is 27.4 Å². The van der Waals surface area contributed by atoms with Crippen LogP contribution in [0.4, 0.5) is 41.7 Å². The highest BCUT2D eigenvalue weighted by Gasteiger charge is 2.43. The summed E-state index contributed by atoms with van der Waals surface area (Å²) in [4.78, 5) is 37.9. The van der Waals surface area contributed by atoms with Crippen molar-refractivity contribution in [1.82, 2.24) is 9.97 Å². The van der Waals surface area contributed by atoms with E-state index >= 15 is 0 Å². The van der Waals surface area contributed by atoms with Gasteiger partial charge in [0.1, 0.15) is 5.02 Å². The lowest BCUT2D eigenvalue weighted by Crippen LogP contribution is -2.12. The number of alkyl halides is 3. The van der Waals surface area contributed by atoms with Crippen LogP contribution in [-0.4, -0.2) is 38.1 Å². The van der Waals surface area contributed by atoms with Crippen LogP contribution in [-0.2, 0) is 6.18 Å². The Kier molecular flexibility index (Phi) is 6.70. The zero-order chi connectivity index (χ0) is 23.7. The lowest BCUT2D eigenvalue weighted by atomic mass is 10.1. The fraction of sp³-hybridized carbons (Fsp3) is 0.231. The molecule has 0 unspecified atom stereocenters. The summed E-state index contributed by atoms with van der Waals surface area (Å²) in [5, 5.41) is 34.7. The van der Waals surface area contributed by atoms with E-state index in [0.717, 1.165) is 18.9 Å². The standard InChI is InChI=1S/C13H8ClF3N6O7S/c1-30-11-9(23(28)29)10(19-12(20-11)31-2)18-7-5(21(24)25)3-4(13(15,16)17)6(14)8(7)22(26)27/h3H,1-2H3,(H,18,19,20). The molecule has 0 bridgehead atoms. The number of nitrogens with one attached hydrogen (secondary N) is 1. The predicted octanol–water partition coefficient (Wildman–Crippen LogP) is 4.35. The summed E-state index contributed by atoms with van der Waals surface area (Å²) in [7, 11) is 1.02. The molecule has 0 aliphatic heterocycles. The Hall–Kier alpha value is -3.47. The first kappa shape index (κ1) is 23.8. The van der Waals surface area contributed by atoms with E-state index in [-0.39, 0.29) is 11.2 Å². The number of hydrogen-bond donors (Lipinski definition) is 1. The van der Waals surface area contributed by atoms with Gasteiger partial charge in [-0.15, -0.1) is 0 Å². The molecular formula is C13H8ClF3N6O7S. The Morgan fingerprint density at radius 1 is 1.10 bits per heavy atom. The van der Waals surface area contributed by atoms with Gasteiger partial charge in [-0.2, -0.15) is 23.1 Å². The summed E-state index contributed by atoms with van der Waals surface area (Å²) >= 11 is 6.40. The molecular weight excluding hydrogens is 477 g/mol. The first-order valence-electron chi connectivity index (χ1n) is 7.47. The average molecular weight is 485 g/mol. The highest BCUT2D eigenvalue weighted by atomic mass is 35.5. The van der Waals surface area contributed by atoms with Crippen molar-refractivity contribution >= 4 is 51.9 Å². The van der Waals surface area contributed by atoms with Gasteiger partial charge in [-0.25, -0.2) is 0 Å². The van der Waals surface area contributed by atoms with Crippen LogP contribution in [0.5, 0.6) is 5.88 Å². The number of hydrogen-bond acceptors (Lipinski definition) is 11. The highest BCUT2D eigenvalue weighted by Crippen LogP contribution is 2.49. The smallest absolute Gasteiger partial charge is 0.418 e. The third-order valence-electron chi connectivity index (χ3n) is 3.54. The van der Waals surface area contributed by atoms with E-state index in [4.69, 9.17) is 16.3 Å². The fourth-order valence-electron chi connectivity index (χ4n) is 2.29. The third-order valence-corrected chi connectivity index (χ3v) is 4.47. The average Bonchev–Trinajstić information content (AvgIpc) is 2.65. The number of rotatable bonds is 7. The van der Waals surface area contributed by atoms with E-state index in [1.807, 2.05) is 5.32 Å². The largest absolute Gasteiger partial charge is 0.476 e. The SMILES string of the molecule is COc1nc(SC)nc(Nc2c([N+](=O)[O-])cc(C(F)(F)F)c(Cl)c2[N+](=O)[O-])c1[N+](=O)[O-]. The van der Waals surface area contributed by atoms with Crippen molar-refractivity contribution in [3.8, 4) is 5.88 Å². The predicted molar refractivity (Wildman–Crippen MR) is 100 cm³/mol. The number of nitro groups is 3. The van der Waals surface area contributed by atoms with Crippen molar-refractivity contribution in [3.05, 3.63) is 47.0 Å². The van der Waals surface area contributed by atoms with E-state index < -0.39 is 66.0 Å². The zero-order valence-electron chi connectivity index (χ0n) is 15.1. The Morgan fingerprint density at radius 2 is 1.68 bits per heavy atom. The number of aromatic nitrogens is 2. The Balaban J connectivity index is 2.93. The van der Waals surface area contributed by atoms with Crippen molar-refractivity contribution < 1.29 is 32.7 Å². The van der Waals surface area contributed by atoms with Crippen LogP contribution >= 0.6 is 23.4 Å². The Bertz CT molecular complexity index is 1100. The first-order chi connectivity index (χ1) is 14.3. The quantitative estimate of drug-likeness (QED) is 0.255. The van der Waals surface area contributed by atoms with Crippen molar-refractivity contribution in [2.24, 2.45) is 0 Å². The molecule has 0 aliphatic rings. The molecule has 0 saturated carbocycles. The van der Waals surface area contributed by atoms with E-state index in [1.165, 1.54) is 6.26 Å². The second kappa shape index (κ2) is 8.72. The molecule has 1 aromatic carbocycles. The minimum atomic E-state index is -5.26. The van der Waals surface area contributed by atoms with Gasteiger partial charge < -0.3 is 10.1 Å². The van der Waals surface area contributed by atoms with Gasteiger partial charge in [0.25, 0.3) is 0 Å². The van der Waals surface area contributed by atoms with Crippen molar-refractivity contribution in [2.75, 3.05) is 18.7 Å². The van der Waals surface area contributed by atoms with Gasteiger partial charge in [0.15, 0.2) is 10.8 Å². The number of halogens is 4. The summed E-state index contributed by atoms with van der Waals surface area (Å²) < 4.78 is 44.3. The number of ether oxygens (including phenoxy) is 1. The minimum Gasteiger partial charge on any atom is -0.476 e. The lowest BCUT2D eigenvalue weighted by molar-refractivity contribution is -0.392. The molecule has 0 saturated heterocycles. The number of anilines is 2. The van der Waals surface area contributed by atoms with E-state index in [9.17, 15) is 43.5 Å². The van der Waals surface area contributed by atoms with Gasteiger partial charge in [-0.05, 0) is 6.26 Å². The van der Waals surface area contributed by atoms with Crippen LogP contribution in [0.15, 0.2) is 11.2 Å². The molecule has 1 aromatic heterocycles. The fourth-order valence-corrected chi connectivity index (χ4v) is 2.98. The number of nitro benzene ring substituents is 2. The monoisotopic (exact) mass is 484 g/mol. The summed E-state index contributed by atoms with van der Waals surface area (Å²) in [6, 6.07) is -0.0304. The van der Waals surface area contributed by atoms with Crippen molar-refractivity contribution in [3.63, 3.8) is 0 Å². The van der Waals surface area contributed by atoms with Crippen molar-refractivity contribution in [2.45, 2.75) is 11.3 Å². The van der Waals surface area contributed by atoms with Crippen LogP contribution in [0.2, 0.25) is 5.02 Å². The summed E-state index contributed by atoms with van der Waals surface area (Å²) in [6.07, 6.45) is -3.80. The zero-order valence-corrected chi connectivity index (χ0v) is 16.7. The van der Waals surface area contributed by atoms with Crippen LogP contribution < -0.4 is 10.1 Å². The normalized spacial score (nSPS) is 11.2. The van der Waals surface area contributed by atoms with Crippen LogP contribution in [0.25, 0.3) is 0 Å². The third kappa shape index (κ3) is 4.66. The molecule has 13 nitrogen and oxygen atoms in total. The Morgan fingerprint density at radius 3 is 2.10 bits per heavy atom. The molecule has 1 heterocycles. The second-order valence-corrected chi connectivity index (χ2v) is 6.44. The van der Waals surface area contributed by atoms with E-state index in [0.29, 0.717) is 0 Å². The second-order valence-electron chi connectivity index (χ2n) is 5.29. The van der Waals surface area contributed by atoms with Crippen LogP contribution in [0.1, 0.15) is 5.56 Å². The molecule has 31 heavy (non-hydrogen) atoms. The molecule has 166 valence electrons. The molecule has 2 rings (SSSR count). The number of nitrogens with zero attached hydrogens (tertiary/aromatic N) is 5. The summed E-state index contributed by atoms with van der Waals surface area (Å²) in [6.45, 7) is 0. The van der Waals surface area contributed by atoms with Crippen molar-refractivity contribution in [1.29, 1.82) is 0 Å². The summed E-state index contributed by atoms with van der Waals surface area (Å²) in [5.74, 6) is -1.40. The molecule has 2 aromatic rings. The molecule has 0 spiro atoms. The molecule has 0 aliphatic carbocycles. The topological polar surface area (TPSA) is 176 Å². The molecule has 1 N–H and O–H groups in total. The molecule has 0 fully saturated rings. The van der Waals surface area contributed by atoms with E-state index in [2.05, 4.69) is 9.97 Å². The Labute approximate surface area is 178 Å². The van der Waals surface area contributed by atoms with Gasteiger partial charge >= 0.3 is 29.1 Å². The number of benzene rings is 1. The van der Waals surface area contributed by atoms with Crippen LogP contribution in [0, 0.1) is 30.3 Å². The van der Waals surface area contributed by atoms with Crippen LogP contribution in [0.3, 0.4) is 0 Å². The van der Waals surface area contributed by atoms with Gasteiger partial charge in [0.2, 0.25) is 5.82 Å². The minimum absolute atomic E-state index is 0.0304. The lowest BCUT2D eigenvalue weighted by Gasteiger charge is -2.14. The highest BCUT2D eigenvalue weighted by molar-refractivity contribution is 7.98. The number of thioether (sulfide) groups is 1. The van der Waals surface area contributed by atoms with Gasteiger partial charge in [-0.3, -0.25) is 30.3 Å².